The van der Waals surface area contributed by atoms with E-state index in [-0.39, 0.29) is 24.8 Å². The molecule has 0 aromatic rings. The number of halogens is 2. The summed E-state index contributed by atoms with van der Waals surface area (Å²) in [5, 5.41) is 0. The number of carbonyl (C=O) groups is 2. The Morgan fingerprint density at radius 2 is 0.867 bits per heavy atom. The molecular weight excluding hydrogens is 331 g/mol. The molecule has 0 saturated carbocycles. The molecule has 0 rings (SSSR count). The molecule has 0 aromatic carbocycles. The summed E-state index contributed by atoms with van der Waals surface area (Å²) in [4.78, 5) is 21.8. The number of rotatable bonds is 2. The van der Waals surface area contributed by atoms with Gasteiger partial charge in [-0.1, -0.05) is 0 Å². The Bertz CT molecular complexity index is 151. The third-order valence-electron chi connectivity index (χ3n) is 0.422. The van der Waals surface area contributed by atoms with E-state index in [1.807, 2.05) is 0 Å². The molecule has 0 bridgehead atoms. The summed E-state index contributed by atoms with van der Waals surface area (Å²) in [7, 11) is 6.75. The normalized spacial score (nSPS) is 5.33. The van der Waals surface area contributed by atoms with E-state index >= 15 is 0 Å². The molecule has 15 heavy (non-hydrogen) atoms. The minimum atomic E-state index is -2.03. The average molecular weight is 347 g/mol. The molecule has 94 valence electrons. The van der Waals surface area contributed by atoms with Crippen molar-refractivity contribution in [2.24, 2.45) is 0 Å². The average Bonchev–Trinajstić information content (AvgIpc) is 2.07. The van der Waals surface area contributed by atoms with Crippen LogP contribution >= 0.6 is 24.8 Å². The van der Waals surface area contributed by atoms with Gasteiger partial charge >= 0.3 is 25.3 Å². The second-order valence-electron chi connectivity index (χ2n) is 2.21. The van der Waals surface area contributed by atoms with Crippen molar-refractivity contribution in [3.8, 4) is 0 Å². The van der Waals surface area contributed by atoms with E-state index in [4.69, 9.17) is 6.80 Å². The quantitative estimate of drug-likeness (QED) is 0.521. The number of carbonyl (C=O) groups excluding carboxylic acids is 2. The van der Waals surface area contributed by atoms with Gasteiger partial charge in [0.1, 0.15) is 0 Å². The molecule has 9 heteroatoms. The van der Waals surface area contributed by atoms with E-state index < -0.39 is 18.5 Å². The van der Waals surface area contributed by atoms with Gasteiger partial charge in [0, 0.05) is 28.2 Å². The first-order chi connectivity index (χ1) is 5.95. The summed E-state index contributed by atoms with van der Waals surface area (Å²) in [6.07, 6.45) is 1.50. The Balaban J connectivity index is -0.0000000322. The van der Waals surface area contributed by atoms with Crippen molar-refractivity contribution >= 4 is 37.6 Å². The first kappa shape index (κ1) is 29.3. The molecule has 0 N–H and O–H groups in total. The first-order valence-electron chi connectivity index (χ1n) is 3.11. The molecule has 0 heterocycles. The summed E-state index contributed by atoms with van der Waals surface area (Å²) in [6.45, 7) is 0. The van der Waals surface area contributed by atoms with Crippen LogP contribution in [0.5, 0.6) is 0 Å². The summed E-state index contributed by atoms with van der Waals surface area (Å²) < 4.78 is 17.0. The summed E-state index contributed by atoms with van der Waals surface area (Å²) in [5.41, 5.74) is 0. The van der Waals surface area contributed by atoms with Crippen LogP contribution in [-0.2, 0) is 34.9 Å². The third kappa shape index (κ3) is 133. The van der Waals surface area contributed by atoms with Gasteiger partial charge in [0.05, 0.1) is 0 Å². The van der Waals surface area contributed by atoms with Gasteiger partial charge in [-0.25, -0.2) is 0 Å². The van der Waals surface area contributed by atoms with Gasteiger partial charge in [0.25, 0.3) is 0 Å². The molecule has 0 aromatic heterocycles. The monoisotopic (exact) mass is 348 g/mol. The molecule has 0 atom stereocenters. The van der Waals surface area contributed by atoms with Gasteiger partial charge < -0.3 is 9.80 Å². The van der Waals surface area contributed by atoms with E-state index in [2.05, 4.69) is 0 Å². The van der Waals surface area contributed by atoms with Crippen molar-refractivity contribution < 1.29 is 34.9 Å². The Morgan fingerprint density at radius 1 is 0.800 bits per heavy atom. The fourth-order valence-electron chi connectivity index (χ4n) is 0. The molecule has 0 spiro atoms. The van der Waals surface area contributed by atoms with Gasteiger partial charge in [0.15, 0.2) is 0 Å². The molecule has 0 aliphatic carbocycles. The second kappa shape index (κ2) is 29.2. The van der Waals surface area contributed by atoms with Gasteiger partial charge in [-0.3, -0.25) is 9.59 Å². The van der Waals surface area contributed by atoms with Crippen molar-refractivity contribution in [2.45, 2.75) is 0 Å². The predicted octanol–water partition coefficient (Wildman–Crippen LogP) is 0.0123. The van der Waals surface area contributed by atoms with Crippen molar-refractivity contribution in [3.05, 3.63) is 0 Å². The van der Waals surface area contributed by atoms with E-state index in [0.717, 1.165) is 12.8 Å². The van der Waals surface area contributed by atoms with Crippen LogP contribution in [0, 0.1) is 0 Å². The van der Waals surface area contributed by atoms with Crippen LogP contribution in [-0.4, -0.2) is 50.8 Å². The van der Waals surface area contributed by atoms with E-state index in [1.54, 1.807) is 28.2 Å². The Hall–Kier alpha value is -0.192. The number of hydrogen-bond donors (Lipinski definition) is 0. The second-order valence-corrected chi connectivity index (χ2v) is 2.54. The van der Waals surface area contributed by atoms with Crippen LogP contribution in [0.1, 0.15) is 0 Å². The van der Waals surface area contributed by atoms with Crippen molar-refractivity contribution in [1.82, 2.24) is 9.80 Å². The standard InChI is InChI=1S/2C3H7NO.2ClH.Mo.2O/c2*1-4(2)3-5;;;;;/h2*3H,1-2H3;2*1H;;;. The summed E-state index contributed by atoms with van der Waals surface area (Å²) in [5.74, 6) is 0. The third-order valence-corrected chi connectivity index (χ3v) is 0.422. The predicted molar refractivity (Wildman–Crippen MR) is 55.4 cm³/mol. The topological polar surface area (TPSA) is 74.8 Å². The van der Waals surface area contributed by atoms with Gasteiger partial charge in [-0.15, -0.1) is 24.8 Å². The van der Waals surface area contributed by atoms with Crippen molar-refractivity contribution in [3.63, 3.8) is 0 Å². The molecule has 6 nitrogen and oxygen atoms in total. The maximum atomic E-state index is 9.43. The zero-order chi connectivity index (χ0) is 11.3. The molecule has 0 radical (unpaired) electrons. The number of hydrogen-bond acceptors (Lipinski definition) is 4. The van der Waals surface area contributed by atoms with Gasteiger partial charge in [-0.2, -0.15) is 0 Å². The van der Waals surface area contributed by atoms with Crippen LogP contribution in [0.2, 0.25) is 0 Å². The van der Waals surface area contributed by atoms with Crippen LogP contribution in [0.4, 0.5) is 0 Å². The zero-order valence-corrected chi connectivity index (χ0v) is 12.5. The van der Waals surface area contributed by atoms with Gasteiger partial charge in [-0.05, 0) is 0 Å². The Labute approximate surface area is 110 Å². The van der Waals surface area contributed by atoms with Crippen LogP contribution in [0.15, 0.2) is 0 Å². The number of amides is 2. The maximum absolute atomic E-state index is 9.43. The molecule has 0 aliphatic heterocycles. The molecule has 0 fully saturated rings. The fourth-order valence-corrected chi connectivity index (χ4v) is 0. The van der Waals surface area contributed by atoms with E-state index in [9.17, 15) is 9.59 Å². The summed E-state index contributed by atoms with van der Waals surface area (Å²) in [6, 6.07) is 0. The Kier molecular flexibility index (Phi) is 57.1. The zero-order valence-electron chi connectivity index (χ0n) is 8.91. The Morgan fingerprint density at radius 3 is 0.867 bits per heavy atom. The van der Waals surface area contributed by atoms with Crippen molar-refractivity contribution in [2.75, 3.05) is 28.2 Å². The molecule has 0 unspecified atom stereocenters. The van der Waals surface area contributed by atoms with E-state index in [0.29, 0.717) is 0 Å². The SMILES string of the molecule is CN(C)C=O.CN(C)C=O.Cl.Cl.[O]=[Mo]=[O]. The van der Waals surface area contributed by atoms with Gasteiger partial charge in [0.2, 0.25) is 12.8 Å². The molecule has 0 aliphatic rings. The van der Waals surface area contributed by atoms with E-state index in [1.165, 1.54) is 9.80 Å². The molecular formula is C6H16Cl2MoN2O4. The number of nitrogens with zero attached hydrogens (tertiary/aromatic N) is 2. The minimum absolute atomic E-state index is 0. The first-order valence-corrected chi connectivity index (χ1v) is 4.75. The van der Waals surface area contributed by atoms with Crippen LogP contribution < -0.4 is 0 Å². The fraction of sp³-hybridized carbons (Fsp3) is 0.667. The molecule has 2 amide bonds. The molecule has 0 saturated heterocycles. The summed E-state index contributed by atoms with van der Waals surface area (Å²) >= 11 is -2.03. The van der Waals surface area contributed by atoms with Crippen molar-refractivity contribution in [1.29, 1.82) is 0 Å². The van der Waals surface area contributed by atoms with Crippen LogP contribution in [0.3, 0.4) is 0 Å². The van der Waals surface area contributed by atoms with Crippen LogP contribution in [0.25, 0.3) is 0 Å².